The fourth-order valence-corrected chi connectivity index (χ4v) is 1.58. The standard InChI is InChI=1S/C13H18N2O2/c1-4-15-11(9-14)10-6-7-12(17-5-2)13(8-10)16-3/h6-8,11,15H,4-5H2,1-3H3. The zero-order valence-electron chi connectivity index (χ0n) is 10.5. The highest BCUT2D eigenvalue weighted by atomic mass is 16.5. The van der Waals surface area contributed by atoms with Crippen LogP contribution < -0.4 is 14.8 Å². The third-order valence-electron chi connectivity index (χ3n) is 2.36. The lowest BCUT2D eigenvalue weighted by Crippen LogP contribution is -2.19. The molecule has 17 heavy (non-hydrogen) atoms. The van der Waals surface area contributed by atoms with Crippen LogP contribution in [0.3, 0.4) is 0 Å². The van der Waals surface area contributed by atoms with E-state index in [0.29, 0.717) is 18.1 Å². The summed E-state index contributed by atoms with van der Waals surface area (Å²) >= 11 is 0. The fourth-order valence-electron chi connectivity index (χ4n) is 1.58. The maximum atomic E-state index is 9.06. The third-order valence-corrected chi connectivity index (χ3v) is 2.36. The minimum Gasteiger partial charge on any atom is -0.493 e. The van der Waals surface area contributed by atoms with Gasteiger partial charge in [-0.25, -0.2) is 0 Å². The van der Waals surface area contributed by atoms with Crippen LogP contribution in [0.5, 0.6) is 11.5 Å². The summed E-state index contributed by atoms with van der Waals surface area (Å²) in [6.45, 7) is 5.22. The van der Waals surface area contributed by atoms with Crippen molar-refractivity contribution in [2.45, 2.75) is 19.9 Å². The van der Waals surface area contributed by atoms with E-state index in [4.69, 9.17) is 14.7 Å². The van der Waals surface area contributed by atoms with Gasteiger partial charge in [0.15, 0.2) is 11.5 Å². The normalized spacial score (nSPS) is 11.6. The number of benzene rings is 1. The Morgan fingerprint density at radius 1 is 1.35 bits per heavy atom. The highest BCUT2D eigenvalue weighted by Gasteiger charge is 2.12. The molecule has 1 aromatic carbocycles. The van der Waals surface area contributed by atoms with Gasteiger partial charge >= 0.3 is 0 Å². The minimum atomic E-state index is -0.315. The summed E-state index contributed by atoms with van der Waals surface area (Å²) < 4.78 is 10.7. The Kier molecular flexibility index (Phi) is 5.31. The van der Waals surface area contributed by atoms with E-state index in [1.54, 1.807) is 7.11 Å². The number of nitriles is 1. The minimum absolute atomic E-state index is 0.315. The summed E-state index contributed by atoms with van der Waals surface area (Å²) in [6.07, 6.45) is 0. The van der Waals surface area contributed by atoms with Crippen molar-refractivity contribution >= 4 is 0 Å². The predicted octanol–water partition coefficient (Wildman–Crippen LogP) is 2.27. The topological polar surface area (TPSA) is 54.3 Å². The maximum Gasteiger partial charge on any atom is 0.161 e. The second kappa shape index (κ2) is 6.77. The molecule has 4 nitrogen and oxygen atoms in total. The lowest BCUT2D eigenvalue weighted by atomic mass is 10.1. The Morgan fingerprint density at radius 2 is 2.12 bits per heavy atom. The highest BCUT2D eigenvalue weighted by molar-refractivity contribution is 5.44. The van der Waals surface area contributed by atoms with Gasteiger partial charge in [-0.15, -0.1) is 0 Å². The van der Waals surface area contributed by atoms with E-state index in [1.807, 2.05) is 32.0 Å². The Labute approximate surface area is 102 Å². The molecule has 0 aliphatic heterocycles. The number of methoxy groups -OCH3 is 1. The number of hydrogen-bond donors (Lipinski definition) is 1. The molecule has 92 valence electrons. The second-order valence-electron chi connectivity index (χ2n) is 3.46. The molecule has 0 aliphatic carbocycles. The smallest absolute Gasteiger partial charge is 0.161 e. The molecule has 1 atom stereocenters. The lowest BCUT2D eigenvalue weighted by Gasteiger charge is -2.14. The molecule has 0 heterocycles. The Balaban J connectivity index is 2.99. The summed E-state index contributed by atoms with van der Waals surface area (Å²) in [5.74, 6) is 1.36. The van der Waals surface area contributed by atoms with E-state index < -0.39 is 0 Å². The van der Waals surface area contributed by atoms with E-state index in [9.17, 15) is 0 Å². The third kappa shape index (κ3) is 3.36. The largest absolute Gasteiger partial charge is 0.493 e. The first-order valence-corrected chi connectivity index (χ1v) is 5.70. The zero-order valence-corrected chi connectivity index (χ0v) is 10.5. The van der Waals surface area contributed by atoms with E-state index >= 15 is 0 Å². The number of ether oxygens (including phenoxy) is 2. The van der Waals surface area contributed by atoms with Gasteiger partial charge in [-0.2, -0.15) is 5.26 Å². The van der Waals surface area contributed by atoms with Crippen LogP contribution in [-0.4, -0.2) is 20.3 Å². The van der Waals surface area contributed by atoms with Gasteiger partial charge < -0.3 is 9.47 Å². The molecule has 1 unspecified atom stereocenters. The molecule has 1 N–H and O–H groups in total. The summed E-state index contributed by atoms with van der Waals surface area (Å²) in [5, 5.41) is 12.2. The lowest BCUT2D eigenvalue weighted by molar-refractivity contribution is 0.310. The summed E-state index contributed by atoms with van der Waals surface area (Å²) in [5.41, 5.74) is 0.884. The van der Waals surface area contributed by atoms with Crippen molar-refractivity contribution in [2.75, 3.05) is 20.3 Å². The molecule has 0 bridgehead atoms. The molecule has 0 aliphatic rings. The first kappa shape index (κ1) is 13.3. The van der Waals surface area contributed by atoms with Crippen LogP contribution in [0.2, 0.25) is 0 Å². The molecule has 0 fully saturated rings. The number of nitrogens with zero attached hydrogens (tertiary/aromatic N) is 1. The molecule has 4 heteroatoms. The first-order valence-electron chi connectivity index (χ1n) is 5.70. The summed E-state index contributed by atoms with van der Waals surface area (Å²) in [4.78, 5) is 0. The monoisotopic (exact) mass is 234 g/mol. The highest BCUT2D eigenvalue weighted by Crippen LogP contribution is 2.30. The molecule has 0 amide bonds. The van der Waals surface area contributed by atoms with Crippen molar-refractivity contribution in [3.63, 3.8) is 0 Å². The Morgan fingerprint density at radius 3 is 2.65 bits per heavy atom. The quantitative estimate of drug-likeness (QED) is 0.820. The summed E-state index contributed by atoms with van der Waals surface area (Å²) in [7, 11) is 1.59. The molecule has 0 aromatic heterocycles. The van der Waals surface area contributed by atoms with Crippen molar-refractivity contribution in [3.8, 4) is 17.6 Å². The SMILES string of the molecule is CCNC(C#N)c1ccc(OCC)c(OC)c1. The van der Waals surface area contributed by atoms with Crippen molar-refractivity contribution in [1.29, 1.82) is 5.26 Å². The number of nitrogens with one attached hydrogen (secondary N) is 1. The van der Waals surface area contributed by atoms with Crippen LogP contribution in [0.15, 0.2) is 18.2 Å². The Hall–Kier alpha value is -1.73. The van der Waals surface area contributed by atoms with Crippen LogP contribution in [0.4, 0.5) is 0 Å². The first-order chi connectivity index (χ1) is 8.26. The van der Waals surface area contributed by atoms with E-state index in [-0.39, 0.29) is 6.04 Å². The van der Waals surface area contributed by atoms with E-state index in [1.165, 1.54) is 0 Å². The molecule has 0 spiro atoms. The van der Waals surface area contributed by atoms with Gasteiger partial charge in [0.25, 0.3) is 0 Å². The summed E-state index contributed by atoms with van der Waals surface area (Å²) in [6, 6.07) is 7.45. The van der Waals surface area contributed by atoms with Gasteiger partial charge in [0.05, 0.1) is 19.8 Å². The van der Waals surface area contributed by atoms with E-state index in [2.05, 4.69) is 11.4 Å². The second-order valence-corrected chi connectivity index (χ2v) is 3.46. The van der Waals surface area contributed by atoms with Crippen molar-refractivity contribution in [2.24, 2.45) is 0 Å². The number of rotatable bonds is 6. The van der Waals surface area contributed by atoms with Crippen LogP contribution in [0, 0.1) is 11.3 Å². The van der Waals surface area contributed by atoms with Crippen molar-refractivity contribution in [1.82, 2.24) is 5.32 Å². The van der Waals surface area contributed by atoms with Gasteiger partial charge in [-0.05, 0) is 31.2 Å². The van der Waals surface area contributed by atoms with Crippen LogP contribution >= 0.6 is 0 Å². The average molecular weight is 234 g/mol. The molecular weight excluding hydrogens is 216 g/mol. The van der Waals surface area contributed by atoms with Gasteiger partial charge in [-0.3, -0.25) is 5.32 Å². The zero-order chi connectivity index (χ0) is 12.7. The fraction of sp³-hybridized carbons (Fsp3) is 0.462. The molecular formula is C13H18N2O2. The van der Waals surface area contributed by atoms with Crippen LogP contribution in [0.1, 0.15) is 25.5 Å². The van der Waals surface area contributed by atoms with Gasteiger partial charge in [0.2, 0.25) is 0 Å². The maximum absolute atomic E-state index is 9.06. The van der Waals surface area contributed by atoms with Gasteiger partial charge in [-0.1, -0.05) is 13.0 Å². The average Bonchev–Trinajstić information content (AvgIpc) is 2.37. The predicted molar refractivity (Wildman–Crippen MR) is 66.2 cm³/mol. The van der Waals surface area contributed by atoms with Gasteiger partial charge in [0, 0.05) is 0 Å². The van der Waals surface area contributed by atoms with Crippen LogP contribution in [0.25, 0.3) is 0 Å². The molecule has 1 rings (SSSR count). The van der Waals surface area contributed by atoms with Crippen molar-refractivity contribution in [3.05, 3.63) is 23.8 Å². The number of hydrogen-bond acceptors (Lipinski definition) is 4. The Bertz CT molecular complexity index is 399. The van der Waals surface area contributed by atoms with Gasteiger partial charge in [0.1, 0.15) is 6.04 Å². The molecule has 0 saturated carbocycles. The molecule has 0 saturated heterocycles. The van der Waals surface area contributed by atoms with Crippen LogP contribution in [-0.2, 0) is 0 Å². The van der Waals surface area contributed by atoms with Crippen molar-refractivity contribution < 1.29 is 9.47 Å². The van der Waals surface area contributed by atoms with E-state index in [0.717, 1.165) is 12.1 Å². The molecule has 1 aromatic rings. The molecule has 0 radical (unpaired) electrons.